The molecule has 1 saturated heterocycles. The summed E-state index contributed by atoms with van der Waals surface area (Å²) in [5.74, 6) is 1.07. The lowest BCUT2D eigenvalue weighted by Gasteiger charge is -2.16. The molecular weight excluding hydrogens is 332 g/mol. The monoisotopic (exact) mass is 358 g/mol. The second kappa shape index (κ2) is 8.06. The summed E-state index contributed by atoms with van der Waals surface area (Å²) in [6.07, 6.45) is 5.72. The number of hydrogen-bond acceptors (Lipinski definition) is 5. The second-order valence-electron chi connectivity index (χ2n) is 7.14. The van der Waals surface area contributed by atoms with Crippen LogP contribution in [-0.4, -0.2) is 40.9 Å². The van der Waals surface area contributed by atoms with Crippen LogP contribution in [0.15, 0.2) is 23.8 Å². The number of thiazole rings is 1. The van der Waals surface area contributed by atoms with E-state index in [-0.39, 0.29) is 5.91 Å². The SMILES string of the molecule is CC(C)c1nc(CN(C)C(=O)c2cncc(CC3CCNC3)c2)cs1. The van der Waals surface area contributed by atoms with Gasteiger partial charge in [-0.15, -0.1) is 11.3 Å². The molecule has 134 valence electrons. The van der Waals surface area contributed by atoms with Crippen LogP contribution in [0.2, 0.25) is 0 Å². The average Bonchev–Trinajstić information content (AvgIpc) is 3.26. The number of rotatable bonds is 6. The number of nitrogens with one attached hydrogen (secondary N) is 1. The van der Waals surface area contributed by atoms with Crippen molar-refractivity contribution in [2.45, 2.75) is 39.2 Å². The molecule has 1 amide bonds. The second-order valence-corrected chi connectivity index (χ2v) is 8.03. The minimum absolute atomic E-state index is 0.00186. The number of carbonyl (C=O) groups is 1. The van der Waals surface area contributed by atoms with E-state index in [1.165, 1.54) is 6.42 Å². The maximum atomic E-state index is 12.7. The summed E-state index contributed by atoms with van der Waals surface area (Å²) in [5.41, 5.74) is 2.75. The molecule has 0 radical (unpaired) electrons. The van der Waals surface area contributed by atoms with Gasteiger partial charge in [-0.1, -0.05) is 13.8 Å². The van der Waals surface area contributed by atoms with Gasteiger partial charge in [0.15, 0.2) is 0 Å². The number of aromatic nitrogens is 2. The van der Waals surface area contributed by atoms with Crippen LogP contribution in [0.25, 0.3) is 0 Å². The van der Waals surface area contributed by atoms with E-state index in [9.17, 15) is 4.79 Å². The van der Waals surface area contributed by atoms with Gasteiger partial charge in [0.25, 0.3) is 5.91 Å². The quantitative estimate of drug-likeness (QED) is 0.862. The van der Waals surface area contributed by atoms with E-state index in [2.05, 4.69) is 29.1 Å². The van der Waals surface area contributed by atoms with E-state index in [1.807, 2.05) is 24.7 Å². The molecule has 5 nitrogen and oxygen atoms in total. The van der Waals surface area contributed by atoms with E-state index in [0.717, 1.165) is 35.8 Å². The van der Waals surface area contributed by atoms with Crippen LogP contribution >= 0.6 is 11.3 Å². The van der Waals surface area contributed by atoms with E-state index in [1.54, 1.807) is 22.4 Å². The highest BCUT2D eigenvalue weighted by atomic mass is 32.1. The number of nitrogens with zero attached hydrogens (tertiary/aromatic N) is 3. The molecule has 1 fully saturated rings. The van der Waals surface area contributed by atoms with Gasteiger partial charge in [0, 0.05) is 30.7 Å². The summed E-state index contributed by atoms with van der Waals surface area (Å²) in [7, 11) is 1.82. The lowest BCUT2D eigenvalue weighted by Crippen LogP contribution is -2.26. The van der Waals surface area contributed by atoms with Gasteiger partial charge >= 0.3 is 0 Å². The van der Waals surface area contributed by atoms with Crippen molar-refractivity contribution in [3.05, 3.63) is 45.7 Å². The highest BCUT2D eigenvalue weighted by molar-refractivity contribution is 7.09. The Morgan fingerprint density at radius 1 is 1.44 bits per heavy atom. The molecule has 0 aliphatic carbocycles. The largest absolute Gasteiger partial charge is 0.336 e. The molecule has 2 aromatic rings. The minimum Gasteiger partial charge on any atom is -0.336 e. The van der Waals surface area contributed by atoms with Gasteiger partial charge < -0.3 is 10.2 Å². The lowest BCUT2D eigenvalue weighted by molar-refractivity contribution is 0.0783. The summed E-state index contributed by atoms with van der Waals surface area (Å²) >= 11 is 1.66. The molecule has 25 heavy (non-hydrogen) atoms. The molecule has 0 aromatic carbocycles. The van der Waals surface area contributed by atoms with E-state index < -0.39 is 0 Å². The zero-order valence-electron chi connectivity index (χ0n) is 15.2. The number of pyridine rings is 1. The molecule has 0 saturated carbocycles. The van der Waals surface area contributed by atoms with Crippen molar-refractivity contribution < 1.29 is 4.79 Å². The Hall–Kier alpha value is -1.79. The van der Waals surface area contributed by atoms with Crippen LogP contribution in [0.3, 0.4) is 0 Å². The molecule has 3 rings (SSSR count). The number of carbonyl (C=O) groups excluding carboxylic acids is 1. The molecule has 2 aromatic heterocycles. The van der Waals surface area contributed by atoms with Gasteiger partial charge in [0.2, 0.25) is 0 Å². The fourth-order valence-corrected chi connectivity index (χ4v) is 3.96. The lowest BCUT2D eigenvalue weighted by atomic mass is 9.99. The molecule has 1 aliphatic heterocycles. The van der Waals surface area contributed by atoms with Crippen molar-refractivity contribution in [1.82, 2.24) is 20.2 Å². The summed E-state index contributed by atoms with van der Waals surface area (Å²) in [6.45, 7) is 6.94. The van der Waals surface area contributed by atoms with Gasteiger partial charge in [-0.2, -0.15) is 0 Å². The fraction of sp³-hybridized carbons (Fsp3) is 0.526. The van der Waals surface area contributed by atoms with Gasteiger partial charge in [-0.05, 0) is 43.5 Å². The standard InChI is InChI=1S/C19H26N4OS/c1-13(2)18-22-17(12-25-18)11-23(3)19(24)16-7-15(9-21-10-16)6-14-4-5-20-8-14/h7,9-10,12-14,20H,4-6,8,11H2,1-3H3. The molecule has 0 bridgehead atoms. The van der Waals surface area contributed by atoms with Crippen molar-refractivity contribution in [1.29, 1.82) is 0 Å². The minimum atomic E-state index is -0.00186. The van der Waals surface area contributed by atoms with Gasteiger partial charge in [-0.25, -0.2) is 4.98 Å². The van der Waals surface area contributed by atoms with Crippen LogP contribution < -0.4 is 5.32 Å². The van der Waals surface area contributed by atoms with Crippen molar-refractivity contribution in [2.24, 2.45) is 5.92 Å². The Kier molecular flexibility index (Phi) is 5.81. The first-order valence-electron chi connectivity index (χ1n) is 8.87. The molecule has 6 heteroatoms. The maximum Gasteiger partial charge on any atom is 0.255 e. The van der Waals surface area contributed by atoms with Crippen LogP contribution in [-0.2, 0) is 13.0 Å². The van der Waals surface area contributed by atoms with E-state index in [4.69, 9.17) is 0 Å². The van der Waals surface area contributed by atoms with Gasteiger partial charge in [0.1, 0.15) is 0 Å². The molecule has 1 unspecified atom stereocenters. The number of amides is 1. The molecule has 1 aliphatic rings. The first kappa shape index (κ1) is 18.0. The smallest absolute Gasteiger partial charge is 0.255 e. The Morgan fingerprint density at radius 2 is 2.28 bits per heavy atom. The Morgan fingerprint density at radius 3 is 2.96 bits per heavy atom. The third kappa shape index (κ3) is 4.64. The molecule has 0 spiro atoms. The van der Waals surface area contributed by atoms with Gasteiger partial charge in [-0.3, -0.25) is 9.78 Å². The van der Waals surface area contributed by atoms with Crippen molar-refractivity contribution in [2.75, 3.05) is 20.1 Å². The van der Waals surface area contributed by atoms with E-state index in [0.29, 0.717) is 23.9 Å². The Bertz CT molecular complexity index is 722. The average molecular weight is 359 g/mol. The third-order valence-electron chi connectivity index (χ3n) is 4.54. The Balaban J connectivity index is 1.64. The van der Waals surface area contributed by atoms with Crippen molar-refractivity contribution in [3.63, 3.8) is 0 Å². The molecule has 1 atom stereocenters. The first-order chi connectivity index (χ1) is 12.0. The van der Waals surface area contributed by atoms with E-state index >= 15 is 0 Å². The number of hydrogen-bond donors (Lipinski definition) is 1. The van der Waals surface area contributed by atoms with Gasteiger partial charge in [0.05, 0.1) is 22.8 Å². The molecule has 1 N–H and O–H groups in total. The van der Waals surface area contributed by atoms with Crippen LogP contribution in [0.5, 0.6) is 0 Å². The predicted molar refractivity (Wildman–Crippen MR) is 101 cm³/mol. The zero-order chi connectivity index (χ0) is 17.8. The van der Waals surface area contributed by atoms with Crippen molar-refractivity contribution in [3.8, 4) is 0 Å². The summed E-state index contributed by atoms with van der Waals surface area (Å²) in [5, 5.41) is 6.54. The maximum absolute atomic E-state index is 12.7. The fourth-order valence-electron chi connectivity index (χ4n) is 3.13. The normalized spacial score (nSPS) is 17.2. The molecular formula is C19H26N4OS. The summed E-state index contributed by atoms with van der Waals surface area (Å²) < 4.78 is 0. The van der Waals surface area contributed by atoms with Crippen LogP contribution in [0.4, 0.5) is 0 Å². The summed E-state index contributed by atoms with van der Waals surface area (Å²) in [4.78, 5) is 23.3. The Labute approximate surface area is 153 Å². The third-order valence-corrected chi connectivity index (χ3v) is 5.73. The zero-order valence-corrected chi connectivity index (χ0v) is 16.0. The molecule has 3 heterocycles. The highest BCUT2D eigenvalue weighted by Gasteiger charge is 2.18. The van der Waals surface area contributed by atoms with Crippen LogP contribution in [0, 0.1) is 5.92 Å². The summed E-state index contributed by atoms with van der Waals surface area (Å²) in [6, 6.07) is 1.99. The topological polar surface area (TPSA) is 58.1 Å². The van der Waals surface area contributed by atoms with Crippen LogP contribution in [0.1, 0.15) is 52.8 Å². The van der Waals surface area contributed by atoms with Crippen molar-refractivity contribution >= 4 is 17.2 Å². The first-order valence-corrected chi connectivity index (χ1v) is 9.75. The highest BCUT2D eigenvalue weighted by Crippen LogP contribution is 2.20. The predicted octanol–water partition coefficient (Wildman–Crippen LogP) is 3.09.